The third-order valence-corrected chi connectivity index (χ3v) is 7.45. The first-order chi connectivity index (χ1) is 22.5. The van der Waals surface area contributed by atoms with Crippen LogP contribution >= 0.6 is 0 Å². The van der Waals surface area contributed by atoms with Gasteiger partial charge in [-0.3, -0.25) is 35.1 Å². The molecule has 16 heteroatoms. The van der Waals surface area contributed by atoms with E-state index in [1.165, 1.54) is 0 Å². The molecule has 0 unspecified atom stereocenters. The number of amides is 5. The predicted octanol–water partition coefficient (Wildman–Crippen LogP) is -1.08. The number of aliphatic hydroxyl groups excluding tert-OH is 2. The first kappa shape index (κ1) is 35.0. The summed E-state index contributed by atoms with van der Waals surface area (Å²) in [6.45, 7) is -0.531. The Labute approximate surface area is 269 Å². The number of hydrogen-bond donors (Lipinski definition) is 6. The zero-order chi connectivity index (χ0) is 34.0. The molecule has 2 saturated heterocycles. The minimum Gasteiger partial charge on any atom is -0.461 e. The molecule has 2 heterocycles. The molecule has 5 amide bonds. The van der Waals surface area contributed by atoms with Crippen LogP contribution in [0.4, 0.5) is 4.79 Å². The monoisotopic (exact) mass is 655 g/mol. The smallest absolute Gasteiger partial charge is 0.347 e. The number of carbonyl (C=O) groups excluding carboxylic acids is 6. The molecule has 0 aromatic heterocycles. The van der Waals surface area contributed by atoms with Crippen LogP contribution in [-0.2, 0) is 51.4 Å². The number of ether oxygens (including phenoxy) is 3. The first-order valence-electron chi connectivity index (χ1n) is 14.9. The van der Waals surface area contributed by atoms with Crippen LogP contribution in [0, 0.1) is 0 Å². The second-order valence-electron chi connectivity index (χ2n) is 11.0. The van der Waals surface area contributed by atoms with E-state index in [0.29, 0.717) is 5.56 Å². The van der Waals surface area contributed by atoms with Gasteiger partial charge in [0.2, 0.25) is 11.8 Å². The minimum absolute atomic E-state index is 0.00381. The van der Waals surface area contributed by atoms with E-state index < -0.39 is 65.9 Å². The van der Waals surface area contributed by atoms with Crippen molar-refractivity contribution in [1.82, 2.24) is 20.9 Å². The van der Waals surface area contributed by atoms with E-state index in [9.17, 15) is 39.0 Å². The summed E-state index contributed by atoms with van der Waals surface area (Å²) in [5, 5.41) is 27.6. The summed E-state index contributed by atoms with van der Waals surface area (Å²) < 4.78 is 16.0. The predicted molar refractivity (Wildman–Crippen MR) is 160 cm³/mol. The molecule has 2 aromatic carbocycles. The van der Waals surface area contributed by atoms with Gasteiger partial charge in [0.1, 0.15) is 25.4 Å². The highest BCUT2D eigenvalue weighted by Gasteiger charge is 2.50. The van der Waals surface area contributed by atoms with Crippen molar-refractivity contribution >= 4 is 35.7 Å². The number of rotatable bonds is 14. The molecule has 2 aliphatic rings. The Kier molecular flexibility index (Phi) is 12.0. The number of hydrogen-bond acceptors (Lipinski definition) is 12. The summed E-state index contributed by atoms with van der Waals surface area (Å²) in [5.74, 6) is -3.84. The van der Waals surface area contributed by atoms with E-state index in [4.69, 9.17) is 19.9 Å². The molecule has 0 aliphatic carbocycles. The summed E-state index contributed by atoms with van der Waals surface area (Å²) in [6.07, 6.45) is -7.47. The third-order valence-electron chi connectivity index (χ3n) is 7.45. The van der Waals surface area contributed by atoms with Crippen LogP contribution in [0.2, 0.25) is 0 Å². The Hall–Kier alpha value is -4.90. The molecule has 16 nitrogen and oxygen atoms in total. The van der Waals surface area contributed by atoms with Gasteiger partial charge in [0, 0.05) is 38.8 Å². The molecular weight excluding hydrogens is 618 g/mol. The van der Waals surface area contributed by atoms with E-state index in [2.05, 4.69) is 16.0 Å². The third kappa shape index (κ3) is 9.55. The molecule has 0 spiro atoms. The van der Waals surface area contributed by atoms with Gasteiger partial charge >= 0.3 is 18.0 Å². The van der Waals surface area contributed by atoms with Gasteiger partial charge in [0.15, 0.2) is 18.0 Å². The Bertz CT molecular complexity index is 1440. The maximum absolute atomic E-state index is 13.1. The van der Waals surface area contributed by atoms with E-state index in [1.807, 2.05) is 6.07 Å². The number of nitrogens with zero attached hydrogens (tertiary/aromatic N) is 1. The van der Waals surface area contributed by atoms with Crippen LogP contribution in [0.25, 0.3) is 0 Å². The topological polar surface area (TPSA) is 236 Å². The van der Waals surface area contributed by atoms with E-state index in [0.717, 1.165) is 10.5 Å². The lowest BCUT2D eigenvalue weighted by atomic mass is 10.0. The van der Waals surface area contributed by atoms with Crippen molar-refractivity contribution in [3.63, 3.8) is 0 Å². The van der Waals surface area contributed by atoms with Gasteiger partial charge in [-0.15, -0.1) is 0 Å². The Morgan fingerprint density at radius 3 is 2.17 bits per heavy atom. The molecular formula is C31H37N5O11. The van der Waals surface area contributed by atoms with Crippen molar-refractivity contribution in [2.75, 3.05) is 13.1 Å². The molecule has 0 radical (unpaired) electrons. The second-order valence-corrected chi connectivity index (χ2v) is 11.0. The number of benzene rings is 2. The highest BCUT2D eigenvalue weighted by Crippen LogP contribution is 2.25. The highest BCUT2D eigenvalue weighted by atomic mass is 16.6. The molecule has 4 rings (SSSR count). The zero-order valence-corrected chi connectivity index (χ0v) is 25.3. The fourth-order valence-electron chi connectivity index (χ4n) is 4.84. The van der Waals surface area contributed by atoms with Gasteiger partial charge in [-0.25, -0.2) is 9.59 Å². The van der Waals surface area contributed by atoms with Crippen molar-refractivity contribution in [1.29, 1.82) is 0 Å². The largest absolute Gasteiger partial charge is 0.461 e. The van der Waals surface area contributed by atoms with Gasteiger partial charge in [0.05, 0.1) is 0 Å². The standard InChI is InChI=1S/C31H37N5O11/c32-31(29(43)46-18-20-9-5-2-6-10-20,14-11-23(39)45-17-19-7-3-1-4-8-19)35-22(38)12-15-33-27(42)26-24(40)25(41)28(47-26)36-16-13-21(37)34-30(36)44/h1-10,24-26,28,40-41H,11-18,32H2,(H,33,42)(H,35,38)(H,34,37,44)/t24-,25+,26+,28-,31+/m1/s1. The summed E-state index contributed by atoms with van der Waals surface area (Å²) in [5.41, 5.74) is 5.59. The molecule has 2 aliphatic heterocycles. The van der Waals surface area contributed by atoms with Crippen LogP contribution in [0.1, 0.15) is 36.8 Å². The molecule has 5 atom stereocenters. The van der Waals surface area contributed by atoms with E-state index in [-0.39, 0.29) is 52.0 Å². The summed E-state index contributed by atoms with van der Waals surface area (Å²) in [6, 6.07) is 16.8. The molecule has 7 N–H and O–H groups in total. The lowest BCUT2D eigenvalue weighted by Gasteiger charge is -2.32. The van der Waals surface area contributed by atoms with Crippen molar-refractivity contribution in [3.8, 4) is 0 Å². The molecule has 0 bridgehead atoms. The molecule has 2 aromatic rings. The number of carbonyl (C=O) groups is 6. The highest BCUT2D eigenvalue weighted by molar-refractivity contribution is 5.96. The molecule has 252 valence electrons. The van der Waals surface area contributed by atoms with Crippen LogP contribution in [0.15, 0.2) is 60.7 Å². The van der Waals surface area contributed by atoms with Crippen molar-refractivity contribution in [3.05, 3.63) is 71.8 Å². The maximum atomic E-state index is 13.1. The van der Waals surface area contributed by atoms with Crippen molar-refractivity contribution in [2.45, 2.75) is 69.1 Å². The number of nitrogens with one attached hydrogen (secondary N) is 3. The van der Waals surface area contributed by atoms with Crippen LogP contribution in [-0.4, -0.2) is 94.1 Å². The zero-order valence-electron chi connectivity index (χ0n) is 25.3. The fraction of sp³-hybridized carbons (Fsp3) is 0.419. The average Bonchev–Trinajstić information content (AvgIpc) is 3.35. The summed E-state index contributed by atoms with van der Waals surface area (Å²) in [4.78, 5) is 75.7. The van der Waals surface area contributed by atoms with Gasteiger partial charge < -0.3 is 35.1 Å². The lowest BCUT2D eigenvalue weighted by molar-refractivity contribution is -0.156. The quantitative estimate of drug-likeness (QED) is 0.105. The number of aliphatic hydroxyl groups is 2. The Morgan fingerprint density at radius 1 is 0.936 bits per heavy atom. The van der Waals surface area contributed by atoms with E-state index >= 15 is 0 Å². The van der Waals surface area contributed by atoms with Crippen LogP contribution in [0.3, 0.4) is 0 Å². The molecule has 2 fully saturated rings. The Balaban J connectivity index is 1.30. The molecule has 0 saturated carbocycles. The lowest BCUT2D eigenvalue weighted by Crippen LogP contribution is -2.62. The normalized spacial score (nSPS) is 22.1. The maximum Gasteiger partial charge on any atom is 0.347 e. The summed E-state index contributed by atoms with van der Waals surface area (Å²) >= 11 is 0. The Morgan fingerprint density at radius 2 is 1.55 bits per heavy atom. The van der Waals surface area contributed by atoms with Crippen molar-refractivity contribution in [2.24, 2.45) is 5.73 Å². The second kappa shape index (κ2) is 16.1. The SMILES string of the molecule is N[C@@](CCC(=O)OCc1ccccc1)(NC(=O)CCNC(=O)[C@H]1O[C@@H](N2CCC(=O)NC2=O)[C@@H](O)[C@H]1O)C(=O)OCc1ccccc1. The van der Waals surface area contributed by atoms with Gasteiger partial charge in [-0.1, -0.05) is 60.7 Å². The number of esters is 2. The van der Waals surface area contributed by atoms with Crippen LogP contribution < -0.4 is 21.7 Å². The van der Waals surface area contributed by atoms with Gasteiger partial charge in [-0.05, 0) is 11.1 Å². The van der Waals surface area contributed by atoms with Gasteiger partial charge in [0.25, 0.3) is 5.91 Å². The number of nitrogens with two attached hydrogens (primary N) is 1. The average molecular weight is 656 g/mol. The van der Waals surface area contributed by atoms with Gasteiger partial charge in [-0.2, -0.15) is 0 Å². The summed E-state index contributed by atoms with van der Waals surface area (Å²) in [7, 11) is 0. The van der Waals surface area contributed by atoms with E-state index in [1.54, 1.807) is 54.6 Å². The molecule has 47 heavy (non-hydrogen) atoms. The van der Waals surface area contributed by atoms with Crippen LogP contribution in [0.5, 0.6) is 0 Å². The minimum atomic E-state index is -2.12. The van der Waals surface area contributed by atoms with Crippen molar-refractivity contribution < 1.29 is 53.2 Å². The number of urea groups is 1. The fourth-order valence-corrected chi connectivity index (χ4v) is 4.84. The number of imide groups is 1. The first-order valence-corrected chi connectivity index (χ1v) is 14.9.